The molecule has 5 nitrogen and oxygen atoms in total. The number of likely N-dealkylation sites (N-methyl/N-ethyl adjacent to an activating group) is 1. The number of carbonyl (C=O) groups is 1. The molecule has 0 saturated carbocycles. The van der Waals surface area contributed by atoms with Crippen LogP contribution in [0.5, 0.6) is 5.75 Å². The summed E-state index contributed by atoms with van der Waals surface area (Å²) < 4.78 is 5.82. The molecule has 1 aliphatic rings. The molecular weight excluding hydrogens is 338 g/mol. The first kappa shape index (κ1) is 19.2. The fraction of sp³-hybridized carbons (Fsp3) is 0.409. The third-order valence-corrected chi connectivity index (χ3v) is 4.92. The lowest BCUT2D eigenvalue weighted by molar-refractivity contribution is -0.132. The van der Waals surface area contributed by atoms with Gasteiger partial charge in [0.05, 0.1) is 0 Å². The molecule has 0 atom stereocenters. The molecule has 0 unspecified atom stereocenters. The van der Waals surface area contributed by atoms with Gasteiger partial charge in [-0.15, -0.1) is 0 Å². The Morgan fingerprint density at radius 3 is 2.56 bits per heavy atom. The SMILES string of the molecule is CN(CCNCc1ccccc1OCC(=O)N1CCCC1)c1ccccc1. The van der Waals surface area contributed by atoms with Crippen molar-refractivity contribution in [3.63, 3.8) is 0 Å². The first-order valence-corrected chi connectivity index (χ1v) is 9.69. The van der Waals surface area contributed by atoms with Gasteiger partial charge in [0.25, 0.3) is 5.91 Å². The number of para-hydroxylation sites is 2. The van der Waals surface area contributed by atoms with Crippen LogP contribution in [0.4, 0.5) is 5.69 Å². The van der Waals surface area contributed by atoms with Gasteiger partial charge in [0.2, 0.25) is 0 Å². The highest BCUT2D eigenvalue weighted by Gasteiger charge is 2.18. The summed E-state index contributed by atoms with van der Waals surface area (Å²) in [5.41, 5.74) is 2.29. The molecule has 1 saturated heterocycles. The first-order valence-electron chi connectivity index (χ1n) is 9.69. The van der Waals surface area contributed by atoms with Crippen LogP contribution in [0.25, 0.3) is 0 Å². The highest BCUT2D eigenvalue weighted by Crippen LogP contribution is 2.18. The van der Waals surface area contributed by atoms with Gasteiger partial charge in [0, 0.05) is 51.0 Å². The van der Waals surface area contributed by atoms with E-state index in [2.05, 4.69) is 41.5 Å². The van der Waals surface area contributed by atoms with E-state index in [-0.39, 0.29) is 12.5 Å². The Bertz CT molecular complexity index is 715. The second-order valence-corrected chi connectivity index (χ2v) is 6.92. The van der Waals surface area contributed by atoms with Crippen LogP contribution in [0.3, 0.4) is 0 Å². The Hall–Kier alpha value is -2.53. The van der Waals surface area contributed by atoms with Crippen molar-refractivity contribution in [1.29, 1.82) is 0 Å². The smallest absolute Gasteiger partial charge is 0.260 e. The summed E-state index contributed by atoms with van der Waals surface area (Å²) in [5.74, 6) is 0.869. The van der Waals surface area contributed by atoms with Crippen LogP contribution in [0, 0.1) is 0 Å². The summed E-state index contributed by atoms with van der Waals surface area (Å²) >= 11 is 0. The molecule has 2 aromatic rings. The lowest BCUT2D eigenvalue weighted by Gasteiger charge is -2.20. The highest BCUT2D eigenvalue weighted by molar-refractivity contribution is 5.78. The second-order valence-electron chi connectivity index (χ2n) is 6.92. The molecular formula is C22H29N3O2. The van der Waals surface area contributed by atoms with Gasteiger partial charge in [0.15, 0.2) is 6.61 Å². The molecule has 1 aliphatic heterocycles. The van der Waals surface area contributed by atoms with Crippen molar-refractivity contribution < 1.29 is 9.53 Å². The van der Waals surface area contributed by atoms with Gasteiger partial charge < -0.3 is 19.9 Å². The van der Waals surface area contributed by atoms with E-state index in [1.54, 1.807) is 0 Å². The average molecular weight is 367 g/mol. The number of likely N-dealkylation sites (tertiary alicyclic amines) is 1. The summed E-state index contributed by atoms with van der Waals surface area (Å²) in [4.78, 5) is 16.3. The summed E-state index contributed by atoms with van der Waals surface area (Å²) in [6, 6.07) is 18.3. The average Bonchev–Trinajstić information content (AvgIpc) is 3.25. The van der Waals surface area contributed by atoms with Crippen LogP contribution in [0.1, 0.15) is 18.4 Å². The van der Waals surface area contributed by atoms with Gasteiger partial charge >= 0.3 is 0 Å². The molecule has 0 aromatic heterocycles. The molecule has 1 heterocycles. The zero-order valence-electron chi connectivity index (χ0n) is 16.1. The maximum absolute atomic E-state index is 12.2. The first-order chi connectivity index (χ1) is 13.2. The van der Waals surface area contributed by atoms with Crippen molar-refractivity contribution in [3.05, 3.63) is 60.2 Å². The van der Waals surface area contributed by atoms with Crippen molar-refractivity contribution in [2.75, 3.05) is 44.7 Å². The maximum Gasteiger partial charge on any atom is 0.260 e. The fourth-order valence-electron chi connectivity index (χ4n) is 3.27. The van der Waals surface area contributed by atoms with Crippen LogP contribution in [-0.2, 0) is 11.3 Å². The van der Waals surface area contributed by atoms with Gasteiger partial charge in [-0.25, -0.2) is 0 Å². The summed E-state index contributed by atoms with van der Waals surface area (Å²) in [5, 5.41) is 3.47. The summed E-state index contributed by atoms with van der Waals surface area (Å²) in [6.07, 6.45) is 2.20. The van der Waals surface area contributed by atoms with Gasteiger partial charge in [0.1, 0.15) is 5.75 Å². The predicted octanol–water partition coefficient (Wildman–Crippen LogP) is 2.91. The van der Waals surface area contributed by atoms with E-state index in [0.717, 1.165) is 56.9 Å². The number of amides is 1. The fourth-order valence-corrected chi connectivity index (χ4v) is 3.27. The minimum atomic E-state index is 0.0831. The number of hydrogen-bond donors (Lipinski definition) is 1. The third kappa shape index (κ3) is 5.73. The molecule has 1 N–H and O–H groups in total. The standard InChI is InChI=1S/C22H29N3O2/c1-24(20-10-3-2-4-11-20)16-13-23-17-19-9-5-6-12-21(19)27-18-22(26)25-14-7-8-15-25/h2-6,9-12,23H,7-8,13-18H2,1H3. The molecule has 1 fully saturated rings. The van der Waals surface area contributed by atoms with Crippen molar-refractivity contribution in [1.82, 2.24) is 10.2 Å². The zero-order valence-corrected chi connectivity index (χ0v) is 16.1. The molecule has 0 aliphatic carbocycles. The number of carbonyl (C=O) groups excluding carboxylic acids is 1. The van der Waals surface area contributed by atoms with E-state index < -0.39 is 0 Å². The second kappa shape index (κ2) is 9.97. The molecule has 0 radical (unpaired) electrons. The Morgan fingerprint density at radius 1 is 1.07 bits per heavy atom. The van der Waals surface area contributed by atoms with Crippen LogP contribution in [-0.4, -0.2) is 50.6 Å². The van der Waals surface area contributed by atoms with E-state index in [0.29, 0.717) is 0 Å². The van der Waals surface area contributed by atoms with Crippen LogP contribution < -0.4 is 15.0 Å². The summed E-state index contributed by atoms with van der Waals surface area (Å²) in [7, 11) is 2.10. The number of rotatable bonds is 9. The van der Waals surface area contributed by atoms with Crippen molar-refractivity contribution in [2.24, 2.45) is 0 Å². The van der Waals surface area contributed by atoms with Crippen LogP contribution in [0.15, 0.2) is 54.6 Å². The Balaban J connectivity index is 1.44. The van der Waals surface area contributed by atoms with Gasteiger partial charge in [-0.3, -0.25) is 4.79 Å². The molecule has 27 heavy (non-hydrogen) atoms. The van der Waals surface area contributed by atoms with Gasteiger partial charge in [-0.1, -0.05) is 36.4 Å². The topological polar surface area (TPSA) is 44.8 Å². The Kier molecular flexibility index (Phi) is 7.11. The number of ether oxygens (including phenoxy) is 1. The van der Waals surface area contributed by atoms with E-state index >= 15 is 0 Å². The number of nitrogens with zero attached hydrogens (tertiary/aromatic N) is 2. The predicted molar refractivity (Wildman–Crippen MR) is 109 cm³/mol. The van der Waals surface area contributed by atoms with Crippen molar-refractivity contribution in [3.8, 4) is 5.75 Å². The Labute approximate surface area is 161 Å². The van der Waals surface area contributed by atoms with Crippen molar-refractivity contribution >= 4 is 11.6 Å². The number of nitrogens with one attached hydrogen (secondary N) is 1. The molecule has 0 bridgehead atoms. The molecule has 3 rings (SSSR count). The van der Waals surface area contributed by atoms with E-state index in [4.69, 9.17) is 4.74 Å². The monoisotopic (exact) mass is 367 g/mol. The lowest BCUT2D eigenvalue weighted by Crippen LogP contribution is -2.32. The van der Waals surface area contributed by atoms with Gasteiger partial charge in [-0.05, 0) is 31.0 Å². The largest absolute Gasteiger partial charge is 0.483 e. The summed E-state index contributed by atoms with van der Waals surface area (Å²) in [6.45, 7) is 4.35. The number of anilines is 1. The Morgan fingerprint density at radius 2 is 1.78 bits per heavy atom. The number of hydrogen-bond acceptors (Lipinski definition) is 4. The quantitative estimate of drug-likeness (QED) is 0.692. The van der Waals surface area contributed by atoms with Gasteiger partial charge in [-0.2, -0.15) is 0 Å². The lowest BCUT2D eigenvalue weighted by atomic mass is 10.2. The van der Waals surface area contributed by atoms with E-state index in [1.807, 2.05) is 35.2 Å². The van der Waals surface area contributed by atoms with Crippen LogP contribution in [0.2, 0.25) is 0 Å². The minimum Gasteiger partial charge on any atom is -0.483 e. The van der Waals surface area contributed by atoms with E-state index in [9.17, 15) is 4.79 Å². The van der Waals surface area contributed by atoms with Crippen molar-refractivity contribution in [2.45, 2.75) is 19.4 Å². The minimum absolute atomic E-state index is 0.0831. The third-order valence-electron chi connectivity index (χ3n) is 4.92. The molecule has 1 amide bonds. The molecule has 144 valence electrons. The highest BCUT2D eigenvalue weighted by atomic mass is 16.5. The normalized spacial score (nSPS) is 13.6. The molecule has 0 spiro atoms. The van der Waals surface area contributed by atoms with E-state index in [1.165, 1.54) is 5.69 Å². The molecule has 2 aromatic carbocycles. The maximum atomic E-state index is 12.2. The zero-order chi connectivity index (χ0) is 18.9. The number of benzene rings is 2. The molecule has 5 heteroatoms. The van der Waals surface area contributed by atoms with Crippen LogP contribution >= 0.6 is 0 Å².